The van der Waals surface area contributed by atoms with E-state index in [1.54, 1.807) is 37.3 Å². The second kappa shape index (κ2) is 12.9. The Labute approximate surface area is 244 Å². The first-order valence-electron chi connectivity index (χ1n) is 13.7. The van der Waals surface area contributed by atoms with Crippen LogP contribution < -0.4 is 9.47 Å². The molecular weight excluding hydrogens is 534 g/mol. The lowest BCUT2D eigenvalue weighted by Crippen LogP contribution is -2.45. The SMILES string of the molecule is CCOC(=O)C(C)(Cc1ccccc1)Oc1ccc(OCCc2nc(-c3cccc(-c4cccs4)c3)oc2C)cc1. The zero-order chi connectivity index (χ0) is 28.7. The number of oxazole rings is 1. The van der Waals surface area contributed by atoms with Crippen LogP contribution in [0, 0.1) is 6.92 Å². The summed E-state index contributed by atoms with van der Waals surface area (Å²) in [6, 6.07) is 29.4. The summed E-state index contributed by atoms with van der Waals surface area (Å²) >= 11 is 1.71. The highest BCUT2D eigenvalue weighted by molar-refractivity contribution is 7.13. The lowest BCUT2D eigenvalue weighted by Gasteiger charge is -2.28. The van der Waals surface area contributed by atoms with Crippen LogP contribution in [0.15, 0.2) is 101 Å². The molecule has 0 aliphatic heterocycles. The second-order valence-corrected chi connectivity index (χ2v) is 10.8. The predicted octanol–water partition coefficient (Wildman–Crippen LogP) is 7.94. The first kappa shape index (κ1) is 28.2. The van der Waals surface area contributed by atoms with Gasteiger partial charge in [0.25, 0.3) is 0 Å². The number of hydrogen-bond donors (Lipinski definition) is 0. The first-order chi connectivity index (χ1) is 19.9. The number of benzene rings is 3. The number of thiophene rings is 1. The van der Waals surface area contributed by atoms with E-state index in [2.05, 4.69) is 23.6 Å². The summed E-state index contributed by atoms with van der Waals surface area (Å²) in [6.07, 6.45) is 0.999. The smallest absolute Gasteiger partial charge is 0.350 e. The fourth-order valence-corrected chi connectivity index (χ4v) is 5.30. The maximum Gasteiger partial charge on any atom is 0.350 e. The number of hydrogen-bond acceptors (Lipinski definition) is 7. The molecule has 210 valence electrons. The molecule has 0 aliphatic rings. The van der Waals surface area contributed by atoms with Gasteiger partial charge in [-0.2, -0.15) is 0 Å². The van der Waals surface area contributed by atoms with Gasteiger partial charge in [-0.1, -0.05) is 48.5 Å². The Morgan fingerprint density at radius 2 is 1.68 bits per heavy atom. The minimum absolute atomic E-state index is 0.285. The highest BCUT2D eigenvalue weighted by Crippen LogP contribution is 2.30. The number of nitrogens with zero attached hydrogens (tertiary/aromatic N) is 1. The van der Waals surface area contributed by atoms with Crippen LogP contribution in [0.1, 0.15) is 30.9 Å². The van der Waals surface area contributed by atoms with Gasteiger partial charge in [-0.3, -0.25) is 0 Å². The van der Waals surface area contributed by atoms with Crippen LogP contribution in [-0.2, 0) is 22.4 Å². The van der Waals surface area contributed by atoms with Gasteiger partial charge in [0.05, 0.1) is 18.9 Å². The van der Waals surface area contributed by atoms with Gasteiger partial charge in [-0.05, 0) is 79.7 Å². The Morgan fingerprint density at radius 1 is 0.927 bits per heavy atom. The van der Waals surface area contributed by atoms with Crippen molar-refractivity contribution in [3.63, 3.8) is 0 Å². The summed E-state index contributed by atoms with van der Waals surface area (Å²) in [6.45, 7) is 6.20. The molecule has 41 heavy (non-hydrogen) atoms. The molecular formula is C34H33NO5S. The predicted molar refractivity (Wildman–Crippen MR) is 161 cm³/mol. The van der Waals surface area contributed by atoms with E-state index in [1.165, 1.54) is 4.88 Å². The molecule has 0 spiro atoms. The van der Waals surface area contributed by atoms with Gasteiger partial charge in [0, 0.05) is 23.3 Å². The van der Waals surface area contributed by atoms with E-state index in [9.17, 15) is 4.79 Å². The molecule has 1 unspecified atom stereocenters. The third-order valence-corrected chi connectivity index (χ3v) is 7.59. The van der Waals surface area contributed by atoms with E-state index >= 15 is 0 Å². The summed E-state index contributed by atoms with van der Waals surface area (Å²) in [5.74, 6) is 2.25. The molecule has 0 bridgehead atoms. The molecule has 3 aromatic carbocycles. The Kier molecular flexibility index (Phi) is 8.85. The van der Waals surface area contributed by atoms with Gasteiger partial charge in [0.1, 0.15) is 17.3 Å². The zero-order valence-corrected chi connectivity index (χ0v) is 24.3. The summed E-state index contributed by atoms with van der Waals surface area (Å²) in [5, 5.41) is 2.07. The second-order valence-electron chi connectivity index (χ2n) is 9.87. The third-order valence-electron chi connectivity index (χ3n) is 6.67. The van der Waals surface area contributed by atoms with E-state index in [0.29, 0.717) is 36.8 Å². The van der Waals surface area contributed by atoms with Crippen LogP contribution >= 0.6 is 11.3 Å². The number of rotatable bonds is 12. The summed E-state index contributed by atoms with van der Waals surface area (Å²) < 4.78 is 23.5. The van der Waals surface area contributed by atoms with Crippen molar-refractivity contribution in [2.45, 2.75) is 39.2 Å². The molecule has 0 saturated carbocycles. The van der Waals surface area contributed by atoms with E-state index in [-0.39, 0.29) is 6.61 Å². The van der Waals surface area contributed by atoms with Crippen molar-refractivity contribution in [3.05, 3.63) is 113 Å². The molecule has 0 aliphatic carbocycles. The summed E-state index contributed by atoms with van der Waals surface area (Å²) in [5.41, 5.74) is 2.79. The van der Waals surface area contributed by atoms with Crippen molar-refractivity contribution < 1.29 is 23.4 Å². The normalized spacial score (nSPS) is 12.5. The molecule has 6 nitrogen and oxygen atoms in total. The van der Waals surface area contributed by atoms with E-state index in [0.717, 1.165) is 28.1 Å². The van der Waals surface area contributed by atoms with Crippen LogP contribution in [0.2, 0.25) is 0 Å². The fraction of sp³-hybridized carbons (Fsp3) is 0.235. The van der Waals surface area contributed by atoms with Gasteiger partial charge in [-0.25, -0.2) is 9.78 Å². The number of carbonyl (C=O) groups excluding carboxylic acids is 1. The van der Waals surface area contributed by atoms with Crippen LogP contribution in [0.4, 0.5) is 0 Å². The van der Waals surface area contributed by atoms with Crippen molar-refractivity contribution in [2.24, 2.45) is 0 Å². The van der Waals surface area contributed by atoms with Crippen LogP contribution in [-0.4, -0.2) is 29.8 Å². The maximum atomic E-state index is 12.8. The average molecular weight is 568 g/mol. The van der Waals surface area contributed by atoms with Crippen molar-refractivity contribution >= 4 is 17.3 Å². The number of aryl methyl sites for hydroxylation is 1. The van der Waals surface area contributed by atoms with E-state index < -0.39 is 11.6 Å². The third kappa shape index (κ3) is 7.05. The first-order valence-corrected chi connectivity index (χ1v) is 14.5. The molecule has 0 N–H and O–H groups in total. The van der Waals surface area contributed by atoms with E-state index in [4.69, 9.17) is 23.6 Å². The highest BCUT2D eigenvalue weighted by Gasteiger charge is 2.37. The number of aromatic nitrogens is 1. The quantitative estimate of drug-likeness (QED) is 0.143. The number of ether oxygens (including phenoxy) is 3. The molecule has 0 amide bonds. The van der Waals surface area contributed by atoms with Crippen molar-refractivity contribution in [3.8, 4) is 33.4 Å². The maximum absolute atomic E-state index is 12.8. The van der Waals surface area contributed by atoms with Crippen LogP contribution in [0.3, 0.4) is 0 Å². The van der Waals surface area contributed by atoms with Crippen molar-refractivity contribution in [1.82, 2.24) is 4.98 Å². The van der Waals surface area contributed by atoms with Gasteiger partial charge in [-0.15, -0.1) is 11.3 Å². The highest BCUT2D eigenvalue weighted by atomic mass is 32.1. The molecule has 7 heteroatoms. The molecule has 1 atom stereocenters. The van der Waals surface area contributed by atoms with Gasteiger partial charge < -0.3 is 18.6 Å². The lowest BCUT2D eigenvalue weighted by atomic mass is 9.96. The average Bonchev–Trinajstić information content (AvgIpc) is 3.65. The number of esters is 1. The van der Waals surface area contributed by atoms with Gasteiger partial charge in [0.15, 0.2) is 0 Å². The molecule has 2 aromatic heterocycles. The minimum atomic E-state index is -1.16. The van der Waals surface area contributed by atoms with Crippen molar-refractivity contribution in [2.75, 3.05) is 13.2 Å². The molecule has 5 rings (SSSR count). The lowest BCUT2D eigenvalue weighted by molar-refractivity contribution is -0.160. The minimum Gasteiger partial charge on any atom is -0.493 e. The Hall–Kier alpha value is -4.36. The summed E-state index contributed by atoms with van der Waals surface area (Å²) in [7, 11) is 0. The van der Waals surface area contributed by atoms with Crippen LogP contribution in [0.5, 0.6) is 11.5 Å². The van der Waals surface area contributed by atoms with Gasteiger partial charge >= 0.3 is 5.97 Å². The van der Waals surface area contributed by atoms with Crippen molar-refractivity contribution in [1.29, 1.82) is 0 Å². The monoisotopic (exact) mass is 567 g/mol. The molecule has 5 aromatic rings. The zero-order valence-electron chi connectivity index (χ0n) is 23.5. The Balaban J connectivity index is 1.19. The molecule has 0 saturated heterocycles. The largest absolute Gasteiger partial charge is 0.493 e. The van der Waals surface area contributed by atoms with Gasteiger partial charge in [0.2, 0.25) is 11.5 Å². The molecule has 0 radical (unpaired) electrons. The molecule has 2 heterocycles. The summed E-state index contributed by atoms with van der Waals surface area (Å²) in [4.78, 5) is 18.8. The molecule has 0 fully saturated rings. The fourth-order valence-electron chi connectivity index (χ4n) is 4.58. The Morgan fingerprint density at radius 3 is 2.41 bits per heavy atom. The topological polar surface area (TPSA) is 70.8 Å². The number of carbonyl (C=O) groups is 1. The Bertz CT molecular complexity index is 1560. The standard InChI is InChI=1S/C34H33NO5S/c1-4-37-33(36)34(3,23-25-10-6-5-7-11-25)40-29-17-15-28(16-18-29)38-20-19-30-24(2)39-32(35-30)27-13-8-12-26(22-27)31-14-9-21-41-31/h5-18,21-22H,4,19-20,23H2,1-3H3. The van der Waals surface area contributed by atoms with Crippen LogP contribution in [0.25, 0.3) is 21.9 Å². The van der Waals surface area contributed by atoms with E-state index in [1.807, 2.05) is 67.6 Å².